The Morgan fingerprint density at radius 2 is 2.18 bits per heavy atom. The number of nitrogens with one attached hydrogen (secondary N) is 1. The standard InChI is InChI=1S/C11H21N3O3/c1-11(2)5-8(15)3-4-14(7-11)6-9(16)13-10(12)17/h8,15H,3-7H2,1-2H3,(H3,12,13,16,17). The monoisotopic (exact) mass is 243 g/mol. The number of rotatable bonds is 2. The molecule has 0 saturated carbocycles. The summed E-state index contributed by atoms with van der Waals surface area (Å²) in [6, 6.07) is -0.830. The van der Waals surface area contributed by atoms with Gasteiger partial charge in [0, 0.05) is 13.1 Å². The van der Waals surface area contributed by atoms with Gasteiger partial charge in [0.25, 0.3) is 0 Å². The second-order valence-corrected chi connectivity index (χ2v) is 5.43. The van der Waals surface area contributed by atoms with E-state index in [2.05, 4.69) is 13.8 Å². The Morgan fingerprint density at radius 3 is 2.76 bits per heavy atom. The van der Waals surface area contributed by atoms with Gasteiger partial charge in [0.2, 0.25) is 5.91 Å². The third-order valence-electron chi connectivity index (χ3n) is 2.85. The van der Waals surface area contributed by atoms with Crippen LogP contribution in [0.15, 0.2) is 0 Å². The number of imide groups is 1. The van der Waals surface area contributed by atoms with Gasteiger partial charge in [0.1, 0.15) is 0 Å². The van der Waals surface area contributed by atoms with Crippen molar-refractivity contribution < 1.29 is 14.7 Å². The van der Waals surface area contributed by atoms with Crippen LogP contribution in [-0.4, -0.2) is 47.7 Å². The fourth-order valence-electron chi connectivity index (χ4n) is 2.34. The van der Waals surface area contributed by atoms with Crippen molar-refractivity contribution in [3.63, 3.8) is 0 Å². The van der Waals surface area contributed by atoms with Crippen LogP contribution in [0.25, 0.3) is 0 Å². The van der Waals surface area contributed by atoms with Crippen molar-refractivity contribution in [2.75, 3.05) is 19.6 Å². The summed E-state index contributed by atoms with van der Waals surface area (Å²) >= 11 is 0. The van der Waals surface area contributed by atoms with E-state index in [1.807, 2.05) is 10.2 Å². The van der Waals surface area contributed by atoms with Crippen molar-refractivity contribution in [1.82, 2.24) is 10.2 Å². The highest BCUT2D eigenvalue weighted by Gasteiger charge is 2.29. The predicted molar refractivity (Wildman–Crippen MR) is 63.2 cm³/mol. The third-order valence-corrected chi connectivity index (χ3v) is 2.85. The SMILES string of the molecule is CC1(C)CC(O)CCN(CC(=O)NC(N)=O)C1. The minimum Gasteiger partial charge on any atom is -0.393 e. The number of hydrogen-bond donors (Lipinski definition) is 3. The van der Waals surface area contributed by atoms with E-state index < -0.39 is 11.9 Å². The molecule has 0 bridgehead atoms. The molecule has 0 aromatic rings. The summed E-state index contributed by atoms with van der Waals surface area (Å²) in [5.74, 6) is -0.398. The summed E-state index contributed by atoms with van der Waals surface area (Å²) in [5, 5.41) is 11.8. The van der Waals surface area contributed by atoms with Crippen molar-refractivity contribution in [3.8, 4) is 0 Å². The van der Waals surface area contributed by atoms with Crippen LogP contribution in [-0.2, 0) is 4.79 Å². The average molecular weight is 243 g/mol. The molecule has 6 heteroatoms. The highest BCUT2D eigenvalue weighted by Crippen LogP contribution is 2.27. The van der Waals surface area contributed by atoms with Crippen LogP contribution in [0.2, 0.25) is 0 Å². The molecule has 0 aromatic carbocycles. The fraction of sp³-hybridized carbons (Fsp3) is 0.818. The summed E-state index contributed by atoms with van der Waals surface area (Å²) in [6.07, 6.45) is 1.04. The largest absolute Gasteiger partial charge is 0.393 e. The Hall–Kier alpha value is -1.14. The molecule has 0 aliphatic carbocycles. The van der Waals surface area contributed by atoms with E-state index in [1.165, 1.54) is 0 Å². The average Bonchev–Trinajstić information content (AvgIpc) is 2.22. The molecule has 0 aromatic heterocycles. The van der Waals surface area contributed by atoms with Gasteiger partial charge in [-0.15, -0.1) is 0 Å². The topological polar surface area (TPSA) is 95.7 Å². The Balaban J connectivity index is 2.53. The van der Waals surface area contributed by atoms with Crippen LogP contribution < -0.4 is 11.1 Å². The number of primary amides is 1. The number of aliphatic hydroxyl groups is 1. The summed E-state index contributed by atoms with van der Waals surface area (Å²) in [7, 11) is 0. The molecule has 4 N–H and O–H groups in total. The van der Waals surface area contributed by atoms with Crippen LogP contribution in [0.5, 0.6) is 0 Å². The smallest absolute Gasteiger partial charge is 0.318 e. The predicted octanol–water partition coefficient (Wildman–Crippen LogP) is -0.336. The van der Waals surface area contributed by atoms with Gasteiger partial charge in [-0.25, -0.2) is 4.79 Å². The molecule has 3 amide bonds. The van der Waals surface area contributed by atoms with Gasteiger partial charge in [-0.1, -0.05) is 13.8 Å². The number of carbonyl (C=O) groups is 2. The van der Waals surface area contributed by atoms with Crippen molar-refractivity contribution >= 4 is 11.9 Å². The molecule has 1 saturated heterocycles. The molecule has 1 aliphatic rings. The van der Waals surface area contributed by atoms with E-state index in [-0.39, 0.29) is 18.1 Å². The van der Waals surface area contributed by atoms with Crippen molar-refractivity contribution in [2.24, 2.45) is 11.1 Å². The Bertz CT molecular complexity index is 304. The zero-order valence-corrected chi connectivity index (χ0v) is 10.4. The Labute approximate surface area is 101 Å². The second kappa shape index (κ2) is 5.46. The molecule has 0 radical (unpaired) electrons. The maximum atomic E-state index is 11.4. The van der Waals surface area contributed by atoms with E-state index in [0.29, 0.717) is 13.0 Å². The second-order valence-electron chi connectivity index (χ2n) is 5.43. The molecule has 17 heavy (non-hydrogen) atoms. The van der Waals surface area contributed by atoms with E-state index in [4.69, 9.17) is 5.73 Å². The molecule has 1 aliphatic heterocycles. The third kappa shape index (κ3) is 5.14. The number of nitrogens with zero attached hydrogens (tertiary/aromatic N) is 1. The number of urea groups is 1. The van der Waals surface area contributed by atoms with Crippen molar-refractivity contribution in [1.29, 1.82) is 0 Å². The van der Waals surface area contributed by atoms with Crippen LogP contribution in [0, 0.1) is 5.41 Å². The molecule has 98 valence electrons. The minimum atomic E-state index is -0.830. The molecule has 1 fully saturated rings. The molecule has 1 heterocycles. The molecule has 1 rings (SSSR count). The maximum Gasteiger partial charge on any atom is 0.318 e. The lowest BCUT2D eigenvalue weighted by Crippen LogP contribution is -2.44. The summed E-state index contributed by atoms with van der Waals surface area (Å²) < 4.78 is 0. The normalized spacial score (nSPS) is 25.0. The number of nitrogens with two attached hydrogens (primary N) is 1. The van der Waals surface area contributed by atoms with Crippen LogP contribution in [0.4, 0.5) is 4.79 Å². The molecular formula is C11H21N3O3. The fourth-order valence-corrected chi connectivity index (χ4v) is 2.34. The van der Waals surface area contributed by atoms with Gasteiger partial charge in [0.05, 0.1) is 12.6 Å². The molecule has 0 spiro atoms. The summed E-state index contributed by atoms with van der Waals surface area (Å²) in [6.45, 7) is 5.62. The first-order chi connectivity index (χ1) is 7.78. The van der Waals surface area contributed by atoms with Crippen LogP contribution >= 0.6 is 0 Å². The van der Waals surface area contributed by atoms with E-state index in [9.17, 15) is 14.7 Å². The number of hydrogen-bond acceptors (Lipinski definition) is 4. The van der Waals surface area contributed by atoms with E-state index >= 15 is 0 Å². The van der Waals surface area contributed by atoms with Gasteiger partial charge in [-0.2, -0.15) is 0 Å². The highest BCUT2D eigenvalue weighted by molar-refractivity contribution is 5.94. The minimum absolute atomic E-state index is 0.0388. The number of carbonyl (C=O) groups excluding carboxylic acids is 2. The van der Waals surface area contributed by atoms with Crippen LogP contribution in [0.3, 0.4) is 0 Å². The zero-order chi connectivity index (χ0) is 13.1. The van der Waals surface area contributed by atoms with Gasteiger partial charge < -0.3 is 10.8 Å². The lowest BCUT2D eigenvalue weighted by atomic mass is 9.87. The van der Waals surface area contributed by atoms with Gasteiger partial charge in [-0.3, -0.25) is 15.0 Å². The maximum absolute atomic E-state index is 11.4. The summed E-state index contributed by atoms with van der Waals surface area (Å²) in [5.41, 5.74) is 4.84. The summed E-state index contributed by atoms with van der Waals surface area (Å²) in [4.78, 5) is 23.9. The lowest BCUT2D eigenvalue weighted by molar-refractivity contribution is -0.121. The number of likely N-dealkylation sites (tertiary alicyclic amines) is 1. The first kappa shape index (κ1) is 13.9. The first-order valence-electron chi connectivity index (χ1n) is 5.78. The first-order valence-corrected chi connectivity index (χ1v) is 5.78. The van der Waals surface area contributed by atoms with Gasteiger partial charge in [0.15, 0.2) is 0 Å². The van der Waals surface area contributed by atoms with Gasteiger partial charge >= 0.3 is 6.03 Å². The van der Waals surface area contributed by atoms with Crippen molar-refractivity contribution in [2.45, 2.75) is 32.8 Å². The lowest BCUT2D eigenvalue weighted by Gasteiger charge is -2.29. The number of aliphatic hydroxyl groups excluding tert-OH is 1. The molecular weight excluding hydrogens is 222 g/mol. The Morgan fingerprint density at radius 1 is 1.53 bits per heavy atom. The Kier molecular flexibility index (Phi) is 4.47. The molecule has 1 atom stereocenters. The van der Waals surface area contributed by atoms with Gasteiger partial charge in [-0.05, 0) is 18.3 Å². The number of amides is 3. The zero-order valence-electron chi connectivity index (χ0n) is 10.4. The molecule has 6 nitrogen and oxygen atoms in total. The van der Waals surface area contributed by atoms with Crippen LogP contribution in [0.1, 0.15) is 26.7 Å². The van der Waals surface area contributed by atoms with E-state index in [0.717, 1.165) is 13.0 Å². The van der Waals surface area contributed by atoms with E-state index in [1.54, 1.807) is 0 Å². The molecule has 1 unspecified atom stereocenters. The highest BCUT2D eigenvalue weighted by atomic mass is 16.3. The van der Waals surface area contributed by atoms with Crippen molar-refractivity contribution in [3.05, 3.63) is 0 Å². The quantitative estimate of drug-likeness (QED) is 0.618.